The Labute approximate surface area is 190 Å². The molecule has 1 aromatic heterocycles. The van der Waals surface area contributed by atoms with Crippen molar-refractivity contribution in [3.8, 4) is 0 Å². The van der Waals surface area contributed by atoms with Gasteiger partial charge in [0.25, 0.3) is 5.91 Å². The fourth-order valence-electron chi connectivity index (χ4n) is 3.57. The summed E-state index contributed by atoms with van der Waals surface area (Å²) in [5, 5.41) is 4.19. The SMILES string of the molecule is CCN(CC(=O)Nc1ccc(N2CCOCC2)cc1)C(=O)c1sc2ccccc2c1Cl. The van der Waals surface area contributed by atoms with Gasteiger partial charge in [-0.25, -0.2) is 0 Å². The molecule has 4 rings (SSSR count). The van der Waals surface area contributed by atoms with Crippen molar-refractivity contribution in [2.45, 2.75) is 6.92 Å². The van der Waals surface area contributed by atoms with Crippen molar-refractivity contribution in [1.82, 2.24) is 4.90 Å². The summed E-state index contributed by atoms with van der Waals surface area (Å²) in [5.41, 5.74) is 1.80. The molecule has 0 aliphatic carbocycles. The van der Waals surface area contributed by atoms with Crippen molar-refractivity contribution in [2.75, 3.05) is 49.6 Å². The first-order chi connectivity index (χ1) is 15.1. The number of likely N-dealkylation sites (N-methyl/N-ethyl adjacent to an activating group) is 1. The highest BCUT2D eigenvalue weighted by Gasteiger charge is 2.23. The van der Waals surface area contributed by atoms with Gasteiger partial charge in [-0.15, -0.1) is 11.3 Å². The zero-order valence-corrected chi connectivity index (χ0v) is 18.8. The standard InChI is InChI=1S/C23H24ClN3O3S/c1-2-26(23(29)22-21(24)18-5-3-4-6-19(18)31-22)15-20(28)25-16-7-9-17(10-8-16)27-11-13-30-14-12-27/h3-10H,2,11-15H2,1H3,(H,25,28). The lowest BCUT2D eigenvalue weighted by Crippen LogP contribution is -2.37. The minimum atomic E-state index is -0.244. The fourth-order valence-corrected chi connectivity index (χ4v) is 5.05. The highest BCUT2D eigenvalue weighted by Crippen LogP contribution is 2.35. The van der Waals surface area contributed by atoms with Gasteiger partial charge in [0.15, 0.2) is 0 Å². The lowest BCUT2D eigenvalue weighted by molar-refractivity contribution is -0.116. The number of hydrogen-bond acceptors (Lipinski definition) is 5. The van der Waals surface area contributed by atoms with E-state index in [-0.39, 0.29) is 18.4 Å². The first-order valence-electron chi connectivity index (χ1n) is 10.3. The average molecular weight is 458 g/mol. The molecule has 0 radical (unpaired) electrons. The quantitative estimate of drug-likeness (QED) is 0.592. The molecule has 0 saturated carbocycles. The summed E-state index contributed by atoms with van der Waals surface area (Å²) in [6.45, 7) is 5.40. The maximum absolute atomic E-state index is 13.0. The minimum absolute atomic E-state index is 0.0366. The molecule has 1 aliphatic heterocycles. The molecule has 1 fully saturated rings. The second-order valence-electron chi connectivity index (χ2n) is 7.26. The van der Waals surface area contributed by atoms with Crippen LogP contribution in [0.15, 0.2) is 48.5 Å². The van der Waals surface area contributed by atoms with Crippen LogP contribution in [0.2, 0.25) is 5.02 Å². The van der Waals surface area contributed by atoms with Gasteiger partial charge in [0.05, 0.1) is 18.2 Å². The van der Waals surface area contributed by atoms with E-state index in [1.54, 1.807) is 0 Å². The van der Waals surface area contributed by atoms with E-state index >= 15 is 0 Å². The van der Waals surface area contributed by atoms with Crippen LogP contribution in [-0.2, 0) is 9.53 Å². The maximum Gasteiger partial charge on any atom is 0.265 e. The third-order valence-corrected chi connectivity index (χ3v) is 6.92. The maximum atomic E-state index is 13.0. The number of anilines is 2. The van der Waals surface area contributed by atoms with Crippen LogP contribution in [0, 0.1) is 0 Å². The van der Waals surface area contributed by atoms with Gasteiger partial charge in [0.1, 0.15) is 11.4 Å². The Morgan fingerprint density at radius 1 is 1.13 bits per heavy atom. The van der Waals surface area contributed by atoms with E-state index in [4.69, 9.17) is 16.3 Å². The monoisotopic (exact) mass is 457 g/mol. The molecule has 1 aliphatic rings. The second-order valence-corrected chi connectivity index (χ2v) is 8.69. The molecule has 2 aromatic carbocycles. The zero-order chi connectivity index (χ0) is 21.8. The van der Waals surface area contributed by atoms with Crippen LogP contribution in [0.25, 0.3) is 10.1 Å². The van der Waals surface area contributed by atoms with Crippen LogP contribution in [0.5, 0.6) is 0 Å². The van der Waals surface area contributed by atoms with Crippen molar-refractivity contribution in [3.05, 3.63) is 58.4 Å². The number of hydrogen-bond donors (Lipinski definition) is 1. The Hall–Kier alpha value is -2.61. The molecule has 0 unspecified atom stereocenters. The molecule has 1 N–H and O–H groups in total. The molecular formula is C23H24ClN3O3S. The lowest BCUT2D eigenvalue weighted by Gasteiger charge is -2.29. The van der Waals surface area contributed by atoms with Crippen molar-refractivity contribution in [3.63, 3.8) is 0 Å². The molecule has 0 spiro atoms. The summed E-state index contributed by atoms with van der Waals surface area (Å²) in [4.78, 5) is 29.9. The van der Waals surface area contributed by atoms with Crippen molar-refractivity contribution < 1.29 is 14.3 Å². The Morgan fingerprint density at radius 3 is 2.52 bits per heavy atom. The number of nitrogens with zero attached hydrogens (tertiary/aromatic N) is 2. The first-order valence-corrected chi connectivity index (χ1v) is 11.4. The van der Waals surface area contributed by atoms with E-state index in [1.807, 2.05) is 55.5 Å². The van der Waals surface area contributed by atoms with Crippen LogP contribution < -0.4 is 10.2 Å². The summed E-state index contributed by atoms with van der Waals surface area (Å²) in [6, 6.07) is 15.4. The Balaban J connectivity index is 1.40. The molecular weight excluding hydrogens is 434 g/mol. The number of ether oxygens (including phenoxy) is 1. The number of thiophene rings is 1. The summed E-state index contributed by atoms with van der Waals surface area (Å²) in [6.07, 6.45) is 0. The van der Waals surface area contributed by atoms with Crippen LogP contribution in [-0.4, -0.2) is 56.1 Å². The van der Waals surface area contributed by atoms with Crippen LogP contribution in [0.4, 0.5) is 11.4 Å². The molecule has 0 atom stereocenters. The largest absolute Gasteiger partial charge is 0.378 e. The van der Waals surface area contributed by atoms with E-state index in [1.165, 1.54) is 16.2 Å². The average Bonchev–Trinajstić information content (AvgIpc) is 3.15. The zero-order valence-electron chi connectivity index (χ0n) is 17.3. The third kappa shape index (κ3) is 4.84. The van der Waals surface area contributed by atoms with Gasteiger partial charge in [-0.2, -0.15) is 0 Å². The topological polar surface area (TPSA) is 61.9 Å². The predicted molar refractivity (Wildman–Crippen MR) is 127 cm³/mol. The lowest BCUT2D eigenvalue weighted by atomic mass is 10.2. The molecule has 1 saturated heterocycles. The molecule has 0 bridgehead atoms. The number of morpholine rings is 1. The van der Waals surface area contributed by atoms with Gasteiger partial charge in [0, 0.05) is 41.1 Å². The van der Waals surface area contributed by atoms with Crippen LogP contribution >= 0.6 is 22.9 Å². The Morgan fingerprint density at radius 2 is 1.84 bits per heavy atom. The van der Waals surface area contributed by atoms with Gasteiger partial charge < -0.3 is 19.9 Å². The van der Waals surface area contributed by atoms with Gasteiger partial charge in [0.2, 0.25) is 5.91 Å². The van der Waals surface area contributed by atoms with E-state index in [0.717, 1.165) is 42.1 Å². The Kier molecular flexibility index (Phi) is 6.75. The predicted octanol–water partition coefficient (Wildman–Crippen LogP) is 4.49. The number of nitrogens with one attached hydrogen (secondary N) is 1. The second kappa shape index (κ2) is 9.68. The highest BCUT2D eigenvalue weighted by molar-refractivity contribution is 7.21. The van der Waals surface area contributed by atoms with Crippen LogP contribution in [0.1, 0.15) is 16.6 Å². The van der Waals surface area contributed by atoms with Crippen molar-refractivity contribution >= 4 is 56.2 Å². The highest BCUT2D eigenvalue weighted by atomic mass is 35.5. The third-order valence-electron chi connectivity index (χ3n) is 5.26. The molecule has 31 heavy (non-hydrogen) atoms. The van der Waals surface area contributed by atoms with Gasteiger partial charge >= 0.3 is 0 Å². The molecule has 2 amide bonds. The number of rotatable bonds is 6. The number of halogens is 1. The summed E-state index contributed by atoms with van der Waals surface area (Å²) in [5.74, 6) is -0.474. The number of fused-ring (bicyclic) bond motifs is 1. The van der Waals surface area contributed by atoms with Crippen molar-refractivity contribution in [2.24, 2.45) is 0 Å². The van der Waals surface area contributed by atoms with E-state index in [0.29, 0.717) is 22.1 Å². The number of carbonyl (C=O) groups excluding carboxylic acids is 2. The minimum Gasteiger partial charge on any atom is -0.378 e. The van der Waals surface area contributed by atoms with Gasteiger partial charge in [-0.05, 0) is 37.3 Å². The van der Waals surface area contributed by atoms with E-state index < -0.39 is 0 Å². The first kappa shape index (κ1) is 21.6. The number of carbonyl (C=O) groups is 2. The molecule has 3 aromatic rings. The molecule has 162 valence electrons. The normalized spacial score (nSPS) is 13.9. The fraction of sp³-hybridized carbons (Fsp3) is 0.304. The van der Waals surface area contributed by atoms with Gasteiger partial charge in [-0.1, -0.05) is 29.8 Å². The molecule has 6 nitrogen and oxygen atoms in total. The number of benzene rings is 2. The van der Waals surface area contributed by atoms with Crippen molar-refractivity contribution in [1.29, 1.82) is 0 Å². The summed E-state index contributed by atoms with van der Waals surface area (Å²) >= 11 is 7.80. The van der Waals surface area contributed by atoms with E-state index in [2.05, 4.69) is 10.2 Å². The Bertz CT molecular complexity index is 1080. The van der Waals surface area contributed by atoms with E-state index in [9.17, 15) is 9.59 Å². The molecule has 8 heteroatoms. The number of amides is 2. The summed E-state index contributed by atoms with van der Waals surface area (Å²) < 4.78 is 6.34. The molecule has 2 heterocycles. The smallest absolute Gasteiger partial charge is 0.265 e. The van der Waals surface area contributed by atoms with Crippen LogP contribution in [0.3, 0.4) is 0 Å². The summed E-state index contributed by atoms with van der Waals surface area (Å²) in [7, 11) is 0. The van der Waals surface area contributed by atoms with Gasteiger partial charge in [-0.3, -0.25) is 9.59 Å².